The number of carbonyl (C=O) groups is 1. The van der Waals surface area contributed by atoms with Crippen molar-refractivity contribution in [3.63, 3.8) is 0 Å². The molecule has 55 heavy (non-hydrogen) atoms. The van der Waals surface area contributed by atoms with Crippen LogP contribution in [-0.4, -0.2) is 118 Å². The van der Waals surface area contributed by atoms with Crippen LogP contribution in [0.4, 0.5) is 5.69 Å². The monoisotopic (exact) mass is 774 g/mol. The minimum absolute atomic E-state index is 0.0762. The van der Waals surface area contributed by atoms with Gasteiger partial charge >= 0.3 is 5.97 Å². The molecule has 6 aliphatic rings. The lowest BCUT2D eigenvalue weighted by molar-refractivity contribution is -0.333. The lowest BCUT2D eigenvalue weighted by Crippen LogP contribution is -2.82. The average Bonchev–Trinajstić information content (AvgIpc) is 3.60. The number of fused-ring (bicyclic) bond motifs is 3. The zero-order valence-corrected chi connectivity index (χ0v) is 33.2. The minimum Gasteiger partial charge on any atom is -0.454 e. The van der Waals surface area contributed by atoms with Crippen molar-refractivity contribution in [3.8, 4) is 0 Å². The second-order valence-corrected chi connectivity index (χ2v) is 19.5. The third-order valence-electron chi connectivity index (χ3n) is 15.6. The molecule has 12 atom stereocenters. The topological polar surface area (TPSA) is 146 Å². The van der Waals surface area contributed by atoms with E-state index in [-0.39, 0.29) is 65.1 Å². The number of likely N-dealkylation sites (N-methyl/N-ethyl adjacent to an activating group) is 1. The Morgan fingerprint density at radius 3 is 2.42 bits per heavy atom. The van der Waals surface area contributed by atoms with Crippen LogP contribution >= 0.6 is 0 Å². The lowest BCUT2D eigenvalue weighted by Gasteiger charge is -2.71. The van der Waals surface area contributed by atoms with Crippen molar-refractivity contribution in [2.24, 2.45) is 35.0 Å². The maximum absolute atomic E-state index is 14.7. The Morgan fingerprint density at radius 2 is 1.71 bits per heavy atom. The van der Waals surface area contributed by atoms with E-state index < -0.39 is 50.0 Å². The number of benzene rings is 3. The van der Waals surface area contributed by atoms with E-state index in [9.17, 15) is 28.5 Å². The maximum atomic E-state index is 14.7. The van der Waals surface area contributed by atoms with Gasteiger partial charge in [0, 0.05) is 99.5 Å². The number of likely N-dealkylation sites (tertiary alicyclic amines) is 1. The highest BCUT2D eigenvalue weighted by Gasteiger charge is 2.88. The first-order chi connectivity index (χ1) is 26.3. The summed E-state index contributed by atoms with van der Waals surface area (Å²) in [5.74, 6) is -2.33. The number of piperidine rings is 1. The normalized spacial score (nSPS) is 40.0. The molecule has 6 fully saturated rings. The van der Waals surface area contributed by atoms with Gasteiger partial charge in [0.2, 0.25) is 0 Å². The standard InChI is InChI=1S/C43H54N2O9S/c1-6-45-24-40(54-39(47)27-12-8-7-11-25(27)23-55(50,51)34-16-10-13-28-29(34)14-9-15-32(28)44(2)3)18-17-26(22-46)42-35(40)20-31(37(42)45)41(48)21-33(52-4)30-19-36(42)43(41,49)38(30)53-5/h7-16,26,30-31,33,35-38,46,48-49H,6,17-24H2,1-5H3/t26-,30-,31+,33+,35?,36?,37?,38+,40-,41+,42+,43+/m1/s1. The number of methoxy groups -OCH3 is 2. The summed E-state index contributed by atoms with van der Waals surface area (Å²) in [6, 6.07) is 17.6. The van der Waals surface area contributed by atoms with Gasteiger partial charge in [0.25, 0.3) is 0 Å². The quantitative estimate of drug-likeness (QED) is 0.257. The van der Waals surface area contributed by atoms with Gasteiger partial charge in [0.1, 0.15) is 16.8 Å². The van der Waals surface area contributed by atoms with E-state index in [1.165, 1.54) is 0 Å². The Bertz CT molecular complexity index is 2150. The van der Waals surface area contributed by atoms with E-state index in [2.05, 4.69) is 11.8 Å². The fourth-order valence-corrected chi connectivity index (χ4v) is 15.5. The molecular formula is C43H54N2O9S. The van der Waals surface area contributed by atoms with E-state index in [0.717, 1.165) is 11.1 Å². The molecular weight excluding hydrogens is 721 g/mol. The van der Waals surface area contributed by atoms with Crippen LogP contribution in [0.2, 0.25) is 0 Å². The molecule has 5 saturated carbocycles. The average molecular weight is 775 g/mol. The van der Waals surface area contributed by atoms with Gasteiger partial charge in [0.05, 0.1) is 28.4 Å². The first kappa shape index (κ1) is 37.5. The third-order valence-corrected chi connectivity index (χ3v) is 17.3. The van der Waals surface area contributed by atoms with Gasteiger partial charge in [-0.05, 0) is 61.9 Å². The van der Waals surface area contributed by atoms with Crippen molar-refractivity contribution in [1.29, 1.82) is 0 Å². The predicted molar refractivity (Wildman–Crippen MR) is 206 cm³/mol. The third kappa shape index (κ3) is 4.70. The molecule has 1 spiro atoms. The number of ether oxygens (including phenoxy) is 3. The molecule has 0 aromatic heterocycles. The molecule has 296 valence electrons. The summed E-state index contributed by atoms with van der Waals surface area (Å²) in [6.45, 7) is 3.09. The summed E-state index contributed by atoms with van der Waals surface area (Å²) >= 11 is 0. The molecule has 1 saturated heterocycles. The smallest absolute Gasteiger partial charge is 0.339 e. The summed E-state index contributed by atoms with van der Waals surface area (Å²) < 4.78 is 47.5. The SMILES string of the molecule is CCN1C[C@]2(OC(=O)c3ccccc3CS(=O)(=O)c3cccc4c(N(C)C)cccc34)CC[C@H](CO)[C@]34C1[C@H](CC23)[C@@]1(O)C[C@H](OC)[C@H]2CC4[C@]1(O)[C@H]2OC. The molecule has 0 amide bonds. The number of esters is 1. The number of sulfone groups is 1. The van der Waals surface area contributed by atoms with Gasteiger partial charge in [-0.1, -0.05) is 49.4 Å². The van der Waals surface area contributed by atoms with Gasteiger partial charge in [-0.25, -0.2) is 13.2 Å². The first-order valence-electron chi connectivity index (χ1n) is 19.9. The fraction of sp³-hybridized carbons (Fsp3) is 0.605. The second kappa shape index (κ2) is 12.7. The van der Waals surface area contributed by atoms with Crippen LogP contribution in [0.3, 0.4) is 0 Å². The molecule has 3 unspecified atom stereocenters. The fourth-order valence-electron chi connectivity index (χ4n) is 13.8. The van der Waals surface area contributed by atoms with E-state index in [0.29, 0.717) is 49.7 Å². The van der Waals surface area contributed by atoms with Gasteiger partial charge < -0.3 is 34.4 Å². The van der Waals surface area contributed by atoms with Crippen LogP contribution < -0.4 is 4.90 Å². The summed E-state index contributed by atoms with van der Waals surface area (Å²) in [6.07, 6.45) is 1.54. The Hall–Kier alpha value is -3.10. The number of aliphatic hydroxyl groups is 3. The van der Waals surface area contributed by atoms with Crippen LogP contribution in [0.15, 0.2) is 65.6 Å². The number of hydrogen-bond donors (Lipinski definition) is 3. The van der Waals surface area contributed by atoms with Crippen LogP contribution in [0.25, 0.3) is 10.8 Å². The van der Waals surface area contributed by atoms with Gasteiger partial charge in [-0.2, -0.15) is 0 Å². The number of nitrogens with zero attached hydrogens (tertiary/aromatic N) is 2. The summed E-state index contributed by atoms with van der Waals surface area (Å²) in [7, 11) is 3.19. The summed E-state index contributed by atoms with van der Waals surface area (Å²) in [5, 5.41) is 38.7. The maximum Gasteiger partial charge on any atom is 0.339 e. The van der Waals surface area contributed by atoms with Crippen molar-refractivity contribution in [2.75, 3.05) is 52.9 Å². The van der Waals surface area contributed by atoms with E-state index in [1.807, 2.05) is 43.3 Å². The number of aliphatic hydroxyl groups excluding tert-OH is 1. The molecule has 12 heteroatoms. The highest BCUT2D eigenvalue weighted by molar-refractivity contribution is 7.90. The van der Waals surface area contributed by atoms with E-state index in [1.54, 1.807) is 50.6 Å². The van der Waals surface area contributed by atoms with Crippen LogP contribution in [-0.2, 0) is 29.8 Å². The van der Waals surface area contributed by atoms with E-state index in [4.69, 9.17) is 14.2 Å². The molecule has 1 heterocycles. The Kier molecular flexibility index (Phi) is 8.65. The predicted octanol–water partition coefficient (Wildman–Crippen LogP) is 4.05. The molecule has 3 aromatic rings. The molecule has 0 radical (unpaired) electrons. The zero-order chi connectivity index (χ0) is 38.9. The minimum atomic E-state index is -3.92. The largest absolute Gasteiger partial charge is 0.454 e. The Morgan fingerprint density at radius 1 is 0.964 bits per heavy atom. The van der Waals surface area contributed by atoms with Gasteiger partial charge in [-0.15, -0.1) is 0 Å². The van der Waals surface area contributed by atoms with Crippen molar-refractivity contribution < 1.29 is 42.7 Å². The summed E-state index contributed by atoms with van der Waals surface area (Å²) in [4.78, 5) is 19.2. The van der Waals surface area contributed by atoms with Crippen LogP contribution in [0.1, 0.15) is 54.9 Å². The highest BCUT2D eigenvalue weighted by atomic mass is 32.2. The van der Waals surface area contributed by atoms with Crippen LogP contribution in [0, 0.1) is 35.0 Å². The molecule has 7 bridgehead atoms. The van der Waals surface area contributed by atoms with Gasteiger partial charge in [-0.3, -0.25) is 4.90 Å². The number of hydrogen-bond acceptors (Lipinski definition) is 11. The number of rotatable bonds is 10. The molecule has 5 aliphatic carbocycles. The Balaban J connectivity index is 1.10. The molecule has 9 rings (SSSR count). The van der Waals surface area contributed by atoms with E-state index >= 15 is 0 Å². The van der Waals surface area contributed by atoms with Crippen LogP contribution in [0.5, 0.6) is 0 Å². The first-order valence-corrected chi connectivity index (χ1v) is 21.5. The van der Waals surface area contributed by atoms with Crippen molar-refractivity contribution in [2.45, 2.75) is 84.7 Å². The number of anilines is 1. The number of carbonyl (C=O) groups excluding carboxylic acids is 1. The van der Waals surface area contributed by atoms with Gasteiger partial charge in [0.15, 0.2) is 9.84 Å². The highest BCUT2D eigenvalue weighted by Crippen LogP contribution is 2.80. The van der Waals surface area contributed by atoms with Crippen molar-refractivity contribution in [1.82, 2.24) is 4.90 Å². The van der Waals surface area contributed by atoms with Crippen molar-refractivity contribution >= 4 is 32.3 Å². The lowest BCUT2D eigenvalue weighted by atomic mass is 9.42. The summed E-state index contributed by atoms with van der Waals surface area (Å²) in [5.41, 5.74) is -3.25. The molecule has 3 aromatic carbocycles. The zero-order valence-electron chi connectivity index (χ0n) is 32.4. The molecule has 11 nitrogen and oxygen atoms in total. The Labute approximate surface area is 323 Å². The molecule has 1 aliphatic heterocycles. The second-order valence-electron chi connectivity index (χ2n) is 17.6. The molecule has 3 N–H and O–H groups in total. The van der Waals surface area contributed by atoms with Crippen molar-refractivity contribution in [3.05, 3.63) is 71.8 Å².